The fourth-order valence-electron chi connectivity index (χ4n) is 5.15. The van der Waals surface area contributed by atoms with E-state index >= 15 is 0 Å². The number of nitrogens with zero attached hydrogens (tertiary/aromatic N) is 2. The van der Waals surface area contributed by atoms with Crippen molar-refractivity contribution < 1.29 is 33.2 Å². The number of ether oxygens (including phenoxy) is 2. The van der Waals surface area contributed by atoms with Gasteiger partial charge in [0.15, 0.2) is 4.91 Å². The van der Waals surface area contributed by atoms with E-state index in [0.717, 1.165) is 66.3 Å². The number of fused-ring (bicyclic) bond motifs is 1. The lowest BCUT2D eigenvalue weighted by Crippen LogP contribution is -2.59. The number of rotatable bonds is 10. The molecule has 2 fully saturated rings. The topological polar surface area (TPSA) is 164 Å². The number of hydrogen-bond donors (Lipinski definition) is 5. The minimum absolute atomic E-state index is 0.380. The Hall–Kier alpha value is -2.90. The molecule has 2 aliphatic rings. The maximum atomic E-state index is 12.9. The monoisotopic (exact) mass is 628 g/mol. The van der Waals surface area contributed by atoms with Gasteiger partial charge in [0.25, 0.3) is 10.0 Å². The van der Waals surface area contributed by atoms with E-state index in [-0.39, 0.29) is 6.54 Å². The standard InChI is InChI=1S/C30H36N4O7S2/c1-19-28(35)30(37)29(36)26(41-19)18-33-43(38,39)25(17-31)16-24-6-7-27(42-24)22-3-2-21-15-23(5-4-20(21)14-22)32-8-9-34-10-12-40-13-11-34/h2-7,14-16,19,26,28-30,32-33,35-37H,8-13,18H2,1H3/b25-16+/t19?,26-,28+,29-,30-/m1/s1. The summed E-state index contributed by atoms with van der Waals surface area (Å²) in [6, 6.07) is 17.8. The van der Waals surface area contributed by atoms with E-state index < -0.39 is 45.4 Å². The van der Waals surface area contributed by atoms with Crippen molar-refractivity contribution in [1.82, 2.24) is 9.62 Å². The van der Waals surface area contributed by atoms with Crippen LogP contribution in [-0.2, 0) is 19.5 Å². The van der Waals surface area contributed by atoms with Crippen molar-refractivity contribution in [2.24, 2.45) is 0 Å². The van der Waals surface area contributed by atoms with Crippen LogP contribution in [0.3, 0.4) is 0 Å². The van der Waals surface area contributed by atoms with E-state index in [4.69, 9.17) is 9.47 Å². The van der Waals surface area contributed by atoms with Crippen LogP contribution in [-0.4, -0.2) is 105 Å². The lowest BCUT2D eigenvalue weighted by atomic mass is 9.96. The predicted octanol–water partition coefficient (Wildman–Crippen LogP) is 1.97. The number of benzene rings is 2. The van der Waals surface area contributed by atoms with Gasteiger partial charge in [-0.15, -0.1) is 11.3 Å². The Morgan fingerprint density at radius 3 is 2.58 bits per heavy atom. The Morgan fingerprint density at radius 2 is 1.81 bits per heavy atom. The Labute approximate surface area is 255 Å². The summed E-state index contributed by atoms with van der Waals surface area (Å²) in [6.07, 6.45) is -4.86. The summed E-state index contributed by atoms with van der Waals surface area (Å²) in [7, 11) is -4.24. The Kier molecular flexibility index (Phi) is 10.1. The molecule has 2 aliphatic heterocycles. The molecule has 2 aromatic carbocycles. The maximum absolute atomic E-state index is 12.9. The van der Waals surface area contributed by atoms with Gasteiger partial charge in [-0.1, -0.05) is 18.2 Å². The van der Waals surface area contributed by atoms with Gasteiger partial charge < -0.3 is 30.1 Å². The van der Waals surface area contributed by atoms with Crippen molar-refractivity contribution in [2.75, 3.05) is 51.3 Å². The number of nitrogens with one attached hydrogen (secondary N) is 2. The second-order valence-corrected chi connectivity index (χ2v) is 13.5. The summed E-state index contributed by atoms with van der Waals surface area (Å²) in [6.45, 7) is 6.45. The van der Waals surface area contributed by atoms with E-state index in [1.807, 2.05) is 12.1 Å². The van der Waals surface area contributed by atoms with Gasteiger partial charge in [0.1, 0.15) is 30.5 Å². The van der Waals surface area contributed by atoms with Gasteiger partial charge in [-0.2, -0.15) is 5.26 Å². The maximum Gasteiger partial charge on any atom is 0.250 e. The summed E-state index contributed by atoms with van der Waals surface area (Å²) in [4.78, 5) is 3.39. The highest BCUT2D eigenvalue weighted by atomic mass is 32.2. The Balaban J connectivity index is 1.23. The quantitative estimate of drug-likeness (QED) is 0.210. The highest BCUT2D eigenvalue weighted by Gasteiger charge is 2.42. The van der Waals surface area contributed by atoms with Crippen molar-refractivity contribution in [3.63, 3.8) is 0 Å². The number of thiophene rings is 1. The van der Waals surface area contributed by atoms with Gasteiger partial charge in [-0.25, -0.2) is 13.1 Å². The van der Waals surface area contributed by atoms with Crippen molar-refractivity contribution in [2.45, 2.75) is 37.4 Å². The third kappa shape index (κ3) is 7.61. The molecule has 0 saturated carbocycles. The minimum atomic E-state index is -4.24. The van der Waals surface area contributed by atoms with Crippen LogP contribution in [0.2, 0.25) is 0 Å². The van der Waals surface area contributed by atoms with Crippen LogP contribution in [0.25, 0.3) is 27.3 Å². The first-order valence-electron chi connectivity index (χ1n) is 14.1. The number of allylic oxidation sites excluding steroid dienone is 1. The SMILES string of the molecule is CC1O[C@H](CNS(=O)(=O)/C(C#N)=C/c2ccc(-c3ccc4cc(NCCN5CCOCC5)ccc4c3)s2)[C@@H](O)[C@H](O)[C@H]1O. The average molecular weight is 629 g/mol. The first-order valence-corrected chi connectivity index (χ1v) is 16.4. The molecule has 230 valence electrons. The lowest BCUT2D eigenvalue weighted by Gasteiger charge is -2.39. The van der Waals surface area contributed by atoms with E-state index in [9.17, 15) is 29.0 Å². The van der Waals surface area contributed by atoms with Crippen molar-refractivity contribution in [3.8, 4) is 16.5 Å². The van der Waals surface area contributed by atoms with Gasteiger partial charge in [0.05, 0.1) is 19.3 Å². The van der Waals surface area contributed by atoms with Crippen molar-refractivity contribution >= 4 is 43.9 Å². The predicted molar refractivity (Wildman–Crippen MR) is 166 cm³/mol. The molecule has 5 N–H and O–H groups in total. The molecule has 5 rings (SSSR count). The number of morpholine rings is 1. The molecule has 0 spiro atoms. The summed E-state index contributed by atoms with van der Waals surface area (Å²) < 4.78 is 38.9. The second kappa shape index (κ2) is 13.8. The zero-order valence-electron chi connectivity index (χ0n) is 23.7. The zero-order chi connectivity index (χ0) is 30.6. The third-order valence-electron chi connectivity index (χ3n) is 7.71. The first kappa shape index (κ1) is 31.5. The van der Waals surface area contributed by atoms with Gasteiger partial charge in [-0.3, -0.25) is 4.90 Å². The van der Waals surface area contributed by atoms with Crippen LogP contribution in [0.5, 0.6) is 0 Å². The van der Waals surface area contributed by atoms with Crippen LogP contribution in [0.4, 0.5) is 5.69 Å². The normalized spacial score (nSPS) is 25.5. The molecule has 0 bridgehead atoms. The molecule has 1 unspecified atom stereocenters. The van der Waals surface area contributed by atoms with Gasteiger partial charge in [0, 0.05) is 48.2 Å². The highest BCUT2D eigenvalue weighted by Crippen LogP contribution is 2.32. The molecule has 43 heavy (non-hydrogen) atoms. The molecule has 11 nitrogen and oxygen atoms in total. The van der Waals surface area contributed by atoms with Crippen LogP contribution >= 0.6 is 11.3 Å². The van der Waals surface area contributed by atoms with Gasteiger partial charge in [-0.05, 0) is 59.7 Å². The molecule has 0 aliphatic carbocycles. The van der Waals surface area contributed by atoms with Crippen LogP contribution < -0.4 is 10.0 Å². The minimum Gasteiger partial charge on any atom is -0.388 e. The first-order chi connectivity index (χ1) is 20.6. The molecule has 13 heteroatoms. The average Bonchev–Trinajstić information content (AvgIpc) is 3.49. The molecular weight excluding hydrogens is 592 g/mol. The molecule has 3 heterocycles. The number of aliphatic hydroxyl groups is 3. The number of sulfonamides is 1. The van der Waals surface area contributed by atoms with Gasteiger partial charge >= 0.3 is 0 Å². The number of hydrogen-bond acceptors (Lipinski definition) is 11. The van der Waals surface area contributed by atoms with E-state index in [1.54, 1.807) is 12.1 Å². The molecule has 1 aromatic heterocycles. The van der Waals surface area contributed by atoms with Gasteiger partial charge in [0.2, 0.25) is 0 Å². The molecule has 5 atom stereocenters. The fourth-order valence-corrected chi connectivity index (χ4v) is 7.12. The zero-order valence-corrected chi connectivity index (χ0v) is 25.4. The van der Waals surface area contributed by atoms with Crippen LogP contribution in [0.1, 0.15) is 11.8 Å². The fraction of sp³-hybridized carbons (Fsp3) is 0.433. The molecular formula is C30H36N4O7S2. The molecule has 2 saturated heterocycles. The Morgan fingerprint density at radius 1 is 1.07 bits per heavy atom. The number of anilines is 1. The van der Waals surface area contributed by atoms with Crippen molar-refractivity contribution in [1.29, 1.82) is 5.26 Å². The van der Waals surface area contributed by atoms with E-state index in [1.165, 1.54) is 24.3 Å². The highest BCUT2D eigenvalue weighted by molar-refractivity contribution is 7.93. The molecule has 0 radical (unpaired) electrons. The van der Waals surface area contributed by atoms with Crippen LogP contribution in [0.15, 0.2) is 53.4 Å². The summed E-state index contributed by atoms with van der Waals surface area (Å²) in [5, 5.41) is 45.3. The second-order valence-electron chi connectivity index (χ2n) is 10.7. The largest absolute Gasteiger partial charge is 0.388 e. The van der Waals surface area contributed by atoms with Crippen molar-refractivity contribution in [3.05, 3.63) is 58.3 Å². The number of aliphatic hydroxyl groups excluding tert-OH is 3. The molecule has 3 aromatic rings. The van der Waals surface area contributed by atoms with Crippen LogP contribution in [0, 0.1) is 11.3 Å². The Bertz CT molecular complexity index is 1600. The third-order valence-corrected chi connectivity index (χ3v) is 10.1. The molecule has 0 amide bonds. The summed E-state index contributed by atoms with van der Waals surface area (Å²) in [5.74, 6) is 0. The summed E-state index contributed by atoms with van der Waals surface area (Å²) in [5.41, 5.74) is 2.03. The lowest BCUT2D eigenvalue weighted by molar-refractivity contribution is -0.214. The summed E-state index contributed by atoms with van der Waals surface area (Å²) >= 11 is 1.36. The number of nitriles is 1. The van der Waals surface area contributed by atoms with E-state index in [2.05, 4.69) is 45.3 Å². The smallest absolute Gasteiger partial charge is 0.250 e. The van der Waals surface area contributed by atoms with E-state index in [0.29, 0.717) is 4.88 Å².